The maximum atomic E-state index is 5.66. The van der Waals surface area contributed by atoms with Gasteiger partial charge < -0.3 is 14.5 Å². The lowest BCUT2D eigenvalue weighted by atomic mass is 10.1. The Balaban J connectivity index is 1.91. The number of furan rings is 1. The van der Waals surface area contributed by atoms with Gasteiger partial charge in [-0.25, -0.2) is 0 Å². The highest BCUT2D eigenvalue weighted by atomic mass is 79.9. The molecule has 1 N–H and O–H groups in total. The first kappa shape index (κ1) is 12.1. The summed E-state index contributed by atoms with van der Waals surface area (Å²) in [5.41, 5.74) is 0. The molecule has 0 spiro atoms. The van der Waals surface area contributed by atoms with Gasteiger partial charge in [-0.15, -0.1) is 0 Å². The molecular formula is C12H18BrNO2. The minimum atomic E-state index is 0.198. The minimum Gasteiger partial charge on any atom is -0.466 e. The van der Waals surface area contributed by atoms with E-state index in [9.17, 15) is 0 Å². The summed E-state index contributed by atoms with van der Waals surface area (Å²) in [6.45, 7) is 5.17. The van der Waals surface area contributed by atoms with Gasteiger partial charge in [-0.05, 0) is 48.7 Å². The van der Waals surface area contributed by atoms with Crippen molar-refractivity contribution < 1.29 is 9.15 Å². The molecule has 3 atom stereocenters. The molecular weight excluding hydrogens is 270 g/mol. The van der Waals surface area contributed by atoms with Crippen LogP contribution >= 0.6 is 15.9 Å². The standard InChI is InChI=1S/C12H18BrNO2/c1-8(11-4-3-6-15-11)14-9(2)12-10(13)5-7-16-12/h5,7-9,11,14H,3-4,6H2,1-2H3. The van der Waals surface area contributed by atoms with Crippen molar-refractivity contribution in [3.05, 3.63) is 22.6 Å². The molecule has 1 aromatic rings. The van der Waals surface area contributed by atoms with Crippen LogP contribution in [0.15, 0.2) is 21.2 Å². The quantitative estimate of drug-likeness (QED) is 0.923. The van der Waals surface area contributed by atoms with Gasteiger partial charge in [0.05, 0.1) is 22.9 Å². The van der Waals surface area contributed by atoms with E-state index in [1.54, 1.807) is 6.26 Å². The molecule has 0 aromatic carbocycles. The highest BCUT2D eigenvalue weighted by Crippen LogP contribution is 2.25. The Labute approximate surface area is 105 Å². The summed E-state index contributed by atoms with van der Waals surface area (Å²) in [5, 5.41) is 3.52. The number of nitrogens with one attached hydrogen (secondary N) is 1. The molecule has 0 bridgehead atoms. The zero-order valence-corrected chi connectivity index (χ0v) is 11.3. The average molecular weight is 288 g/mol. The van der Waals surface area contributed by atoms with Gasteiger partial charge >= 0.3 is 0 Å². The second-order valence-corrected chi connectivity index (χ2v) is 5.22. The fourth-order valence-corrected chi connectivity index (χ4v) is 2.73. The first-order chi connectivity index (χ1) is 7.68. The molecule has 1 fully saturated rings. The number of halogens is 1. The predicted octanol–water partition coefficient (Wildman–Crippen LogP) is 3.26. The van der Waals surface area contributed by atoms with Crippen molar-refractivity contribution in [3.63, 3.8) is 0 Å². The van der Waals surface area contributed by atoms with Crippen LogP contribution in [0.5, 0.6) is 0 Å². The van der Waals surface area contributed by atoms with Crippen LogP contribution in [0.3, 0.4) is 0 Å². The van der Waals surface area contributed by atoms with Crippen molar-refractivity contribution in [1.29, 1.82) is 0 Å². The monoisotopic (exact) mass is 287 g/mol. The highest BCUT2D eigenvalue weighted by molar-refractivity contribution is 9.10. The molecule has 0 aliphatic carbocycles. The smallest absolute Gasteiger partial charge is 0.134 e. The third kappa shape index (κ3) is 2.67. The van der Waals surface area contributed by atoms with Gasteiger partial charge in [-0.1, -0.05) is 0 Å². The summed E-state index contributed by atoms with van der Waals surface area (Å²) in [6, 6.07) is 2.47. The van der Waals surface area contributed by atoms with Crippen molar-refractivity contribution in [2.24, 2.45) is 0 Å². The van der Waals surface area contributed by atoms with Gasteiger partial charge in [0, 0.05) is 12.6 Å². The third-order valence-corrected chi connectivity index (χ3v) is 3.73. The Morgan fingerprint density at radius 2 is 2.31 bits per heavy atom. The van der Waals surface area contributed by atoms with E-state index in [1.807, 2.05) is 6.07 Å². The predicted molar refractivity (Wildman–Crippen MR) is 66.4 cm³/mol. The summed E-state index contributed by atoms with van der Waals surface area (Å²) in [6.07, 6.45) is 4.38. The maximum absolute atomic E-state index is 5.66. The van der Waals surface area contributed by atoms with Gasteiger partial charge in [0.1, 0.15) is 5.76 Å². The zero-order valence-electron chi connectivity index (χ0n) is 9.70. The van der Waals surface area contributed by atoms with Crippen LogP contribution in [-0.2, 0) is 4.74 Å². The fraction of sp³-hybridized carbons (Fsp3) is 0.667. The third-order valence-electron chi connectivity index (χ3n) is 3.07. The summed E-state index contributed by atoms with van der Waals surface area (Å²) < 4.78 is 12.1. The SMILES string of the molecule is CC(NC(C)C1CCCO1)c1occc1Br. The Kier molecular flexibility index (Phi) is 4.05. The van der Waals surface area contributed by atoms with Crippen LogP contribution in [-0.4, -0.2) is 18.8 Å². The summed E-state index contributed by atoms with van der Waals surface area (Å²) in [7, 11) is 0. The molecule has 0 saturated carbocycles. The highest BCUT2D eigenvalue weighted by Gasteiger charge is 2.24. The van der Waals surface area contributed by atoms with Crippen molar-refractivity contribution in [3.8, 4) is 0 Å². The van der Waals surface area contributed by atoms with Gasteiger partial charge in [0.25, 0.3) is 0 Å². The summed E-state index contributed by atoms with van der Waals surface area (Å²) in [4.78, 5) is 0. The van der Waals surface area contributed by atoms with Gasteiger partial charge in [-0.3, -0.25) is 0 Å². The van der Waals surface area contributed by atoms with Gasteiger partial charge in [-0.2, -0.15) is 0 Å². The first-order valence-corrected chi connectivity index (χ1v) is 6.58. The summed E-state index contributed by atoms with van der Waals surface area (Å²) in [5.74, 6) is 0.949. The van der Waals surface area contributed by atoms with E-state index < -0.39 is 0 Å². The lowest BCUT2D eigenvalue weighted by Gasteiger charge is -2.23. The van der Waals surface area contributed by atoms with Crippen molar-refractivity contribution in [1.82, 2.24) is 5.32 Å². The molecule has 0 radical (unpaired) electrons. The summed E-state index contributed by atoms with van der Waals surface area (Å²) >= 11 is 3.48. The van der Waals surface area contributed by atoms with E-state index in [2.05, 4.69) is 35.1 Å². The van der Waals surface area contributed by atoms with Crippen LogP contribution in [0.4, 0.5) is 0 Å². The van der Waals surface area contributed by atoms with E-state index in [-0.39, 0.29) is 6.04 Å². The van der Waals surface area contributed by atoms with E-state index in [1.165, 1.54) is 6.42 Å². The van der Waals surface area contributed by atoms with Crippen molar-refractivity contribution in [2.75, 3.05) is 6.61 Å². The molecule has 4 heteroatoms. The molecule has 16 heavy (non-hydrogen) atoms. The van der Waals surface area contributed by atoms with Crippen LogP contribution < -0.4 is 5.32 Å². The lowest BCUT2D eigenvalue weighted by molar-refractivity contribution is 0.0794. The molecule has 3 unspecified atom stereocenters. The average Bonchev–Trinajstić information content (AvgIpc) is 2.86. The fourth-order valence-electron chi connectivity index (χ4n) is 2.19. The zero-order chi connectivity index (χ0) is 11.5. The van der Waals surface area contributed by atoms with Crippen LogP contribution in [0.2, 0.25) is 0 Å². The van der Waals surface area contributed by atoms with Crippen molar-refractivity contribution in [2.45, 2.75) is 44.9 Å². The van der Waals surface area contributed by atoms with Crippen LogP contribution in [0, 0.1) is 0 Å². The molecule has 3 nitrogen and oxygen atoms in total. The Morgan fingerprint density at radius 3 is 2.88 bits per heavy atom. The molecule has 2 heterocycles. The number of rotatable bonds is 4. The molecule has 1 saturated heterocycles. The van der Waals surface area contributed by atoms with Gasteiger partial charge in [0.15, 0.2) is 0 Å². The molecule has 1 aliphatic rings. The Morgan fingerprint density at radius 1 is 1.50 bits per heavy atom. The van der Waals surface area contributed by atoms with E-state index >= 15 is 0 Å². The Bertz CT molecular complexity index is 334. The van der Waals surface area contributed by atoms with Crippen LogP contribution in [0.25, 0.3) is 0 Å². The van der Waals surface area contributed by atoms with Gasteiger partial charge in [0.2, 0.25) is 0 Å². The second kappa shape index (κ2) is 5.34. The lowest BCUT2D eigenvalue weighted by Crippen LogP contribution is -2.38. The first-order valence-electron chi connectivity index (χ1n) is 5.79. The number of hydrogen-bond acceptors (Lipinski definition) is 3. The Hall–Kier alpha value is -0.320. The van der Waals surface area contributed by atoms with E-state index in [0.717, 1.165) is 23.3 Å². The largest absolute Gasteiger partial charge is 0.466 e. The van der Waals surface area contributed by atoms with Crippen LogP contribution in [0.1, 0.15) is 38.5 Å². The second-order valence-electron chi connectivity index (χ2n) is 4.36. The molecule has 1 aliphatic heterocycles. The number of hydrogen-bond donors (Lipinski definition) is 1. The molecule has 90 valence electrons. The maximum Gasteiger partial charge on any atom is 0.134 e. The topological polar surface area (TPSA) is 34.4 Å². The van der Waals surface area contributed by atoms with E-state index in [4.69, 9.17) is 9.15 Å². The minimum absolute atomic E-state index is 0.198. The van der Waals surface area contributed by atoms with E-state index in [0.29, 0.717) is 12.1 Å². The normalized spacial score (nSPS) is 24.6. The molecule has 2 rings (SSSR count). The van der Waals surface area contributed by atoms with Crippen molar-refractivity contribution >= 4 is 15.9 Å². The molecule has 1 aromatic heterocycles. The molecule has 0 amide bonds. The number of ether oxygens (including phenoxy) is 1.